The van der Waals surface area contributed by atoms with E-state index in [1.165, 1.54) is 0 Å². The van der Waals surface area contributed by atoms with Crippen molar-refractivity contribution < 1.29 is 19.1 Å². The molecular weight excluding hydrogens is 439 g/mol. The largest absolute Gasteiger partial charge is 0.493 e. The summed E-state index contributed by atoms with van der Waals surface area (Å²) in [4.78, 5) is 26.6. The highest BCUT2D eigenvalue weighted by Crippen LogP contribution is 2.28. The Balaban J connectivity index is 1.47. The minimum absolute atomic E-state index is 0.00127. The fourth-order valence-electron chi connectivity index (χ4n) is 3.65. The Bertz CT molecular complexity index is 951. The van der Waals surface area contributed by atoms with Crippen LogP contribution in [-0.4, -0.2) is 50.6 Å². The van der Waals surface area contributed by atoms with Crippen LogP contribution >= 0.6 is 23.2 Å². The molecule has 0 spiro atoms. The first-order chi connectivity index (χ1) is 14.9. The van der Waals surface area contributed by atoms with Crippen molar-refractivity contribution >= 4 is 35.0 Å². The average molecular weight is 465 g/mol. The summed E-state index contributed by atoms with van der Waals surface area (Å²) in [6.07, 6.45) is 1.51. The third-order valence-corrected chi connectivity index (χ3v) is 6.00. The molecule has 3 rings (SSSR count). The lowest BCUT2D eigenvalue weighted by atomic mass is 10.1. The lowest BCUT2D eigenvalue weighted by Crippen LogP contribution is -2.34. The van der Waals surface area contributed by atoms with Gasteiger partial charge in [-0.3, -0.25) is 9.59 Å². The smallest absolute Gasteiger partial charge is 0.225 e. The SMILES string of the molecule is COc1ccc(CCN2C[C@H](C(=O)NCCc3ccc(Cl)cc3Cl)CC2=O)cc1OC. The number of halogens is 2. The van der Waals surface area contributed by atoms with Gasteiger partial charge in [0.25, 0.3) is 0 Å². The predicted molar refractivity (Wildman–Crippen MR) is 121 cm³/mol. The van der Waals surface area contributed by atoms with Crippen LogP contribution in [0.3, 0.4) is 0 Å². The van der Waals surface area contributed by atoms with E-state index < -0.39 is 0 Å². The molecule has 2 amide bonds. The van der Waals surface area contributed by atoms with Crippen LogP contribution < -0.4 is 14.8 Å². The third-order valence-electron chi connectivity index (χ3n) is 5.41. The Kier molecular flexibility index (Phi) is 8.04. The molecule has 0 unspecified atom stereocenters. The first-order valence-electron chi connectivity index (χ1n) is 10.1. The first kappa shape index (κ1) is 23.2. The van der Waals surface area contributed by atoms with Crippen LogP contribution in [0.15, 0.2) is 36.4 Å². The van der Waals surface area contributed by atoms with E-state index in [4.69, 9.17) is 32.7 Å². The summed E-state index contributed by atoms with van der Waals surface area (Å²) in [5.74, 6) is 0.887. The van der Waals surface area contributed by atoms with Gasteiger partial charge in [0.1, 0.15) is 0 Å². The van der Waals surface area contributed by atoms with Gasteiger partial charge in [0.2, 0.25) is 11.8 Å². The van der Waals surface area contributed by atoms with Crippen molar-refractivity contribution in [1.82, 2.24) is 10.2 Å². The summed E-state index contributed by atoms with van der Waals surface area (Å²) in [6.45, 7) is 1.44. The zero-order chi connectivity index (χ0) is 22.4. The Morgan fingerprint density at radius 3 is 2.58 bits per heavy atom. The highest BCUT2D eigenvalue weighted by Gasteiger charge is 2.33. The summed E-state index contributed by atoms with van der Waals surface area (Å²) < 4.78 is 10.6. The molecule has 1 N–H and O–H groups in total. The van der Waals surface area contributed by atoms with E-state index in [0.717, 1.165) is 11.1 Å². The van der Waals surface area contributed by atoms with E-state index in [9.17, 15) is 9.59 Å². The summed E-state index contributed by atoms with van der Waals surface area (Å²) >= 11 is 12.1. The number of nitrogens with zero attached hydrogens (tertiary/aromatic N) is 1. The number of methoxy groups -OCH3 is 2. The van der Waals surface area contributed by atoms with Crippen LogP contribution in [0.25, 0.3) is 0 Å². The highest BCUT2D eigenvalue weighted by molar-refractivity contribution is 6.35. The van der Waals surface area contributed by atoms with E-state index in [-0.39, 0.29) is 24.2 Å². The molecule has 166 valence electrons. The number of amides is 2. The number of hydrogen-bond acceptors (Lipinski definition) is 4. The van der Waals surface area contributed by atoms with Crippen LogP contribution in [0.4, 0.5) is 0 Å². The van der Waals surface area contributed by atoms with Crippen molar-refractivity contribution in [3.8, 4) is 11.5 Å². The van der Waals surface area contributed by atoms with Gasteiger partial charge in [-0.1, -0.05) is 35.3 Å². The average Bonchev–Trinajstić information content (AvgIpc) is 3.14. The number of ether oxygens (including phenoxy) is 2. The molecule has 1 saturated heterocycles. The molecule has 0 saturated carbocycles. The quantitative estimate of drug-likeness (QED) is 0.613. The Hall–Kier alpha value is -2.44. The number of rotatable bonds is 9. The number of benzene rings is 2. The predicted octanol–water partition coefficient (Wildman–Crippen LogP) is 3.76. The molecule has 6 nitrogen and oxygen atoms in total. The molecule has 0 aliphatic carbocycles. The Morgan fingerprint density at radius 2 is 1.87 bits per heavy atom. The lowest BCUT2D eigenvalue weighted by molar-refractivity contribution is -0.129. The van der Waals surface area contributed by atoms with E-state index in [2.05, 4.69) is 5.32 Å². The van der Waals surface area contributed by atoms with Crippen LogP contribution in [-0.2, 0) is 22.4 Å². The molecular formula is C23H26Cl2N2O4. The van der Waals surface area contributed by atoms with Crippen molar-refractivity contribution in [2.75, 3.05) is 33.9 Å². The molecule has 0 bridgehead atoms. The van der Waals surface area contributed by atoms with Gasteiger partial charge in [0.05, 0.1) is 20.1 Å². The van der Waals surface area contributed by atoms with E-state index >= 15 is 0 Å². The Labute approximate surface area is 192 Å². The first-order valence-corrected chi connectivity index (χ1v) is 10.9. The summed E-state index contributed by atoms with van der Waals surface area (Å²) in [5.41, 5.74) is 1.96. The maximum absolute atomic E-state index is 12.5. The van der Waals surface area contributed by atoms with Crippen LogP contribution in [0, 0.1) is 5.92 Å². The maximum atomic E-state index is 12.5. The number of hydrogen-bond donors (Lipinski definition) is 1. The topological polar surface area (TPSA) is 67.9 Å². The van der Waals surface area contributed by atoms with Crippen LogP contribution in [0.2, 0.25) is 10.0 Å². The molecule has 1 heterocycles. The second-order valence-corrected chi connectivity index (χ2v) is 8.30. The Morgan fingerprint density at radius 1 is 1.10 bits per heavy atom. The fourth-order valence-corrected chi connectivity index (χ4v) is 4.16. The van der Waals surface area contributed by atoms with Gasteiger partial charge in [-0.2, -0.15) is 0 Å². The molecule has 2 aromatic carbocycles. The third kappa shape index (κ3) is 6.05. The monoisotopic (exact) mass is 464 g/mol. The lowest BCUT2D eigenvalue weighted by Gasteiger charge is -2.17. The minimum atomic E-state index is -0.335. The number of nitrogens with one attached hydrogen (secondary N) is 1. The molecule has 1 fully saturated rings. The van der Waals surface area contributed by atoms with Crippen molar-refractivity contribution in [2.45, 2.75) is 19.3 Å². The molecule has 0 aromatic heterocycles. The number of carbonyl (C=O) groups is 2. The molecule has 1 aliphatic heterocycles. The highest BCUT2D eigenvalue weighted by atomic mass is 35.5. The molecule has 1 atom stereocenters. The van der Waals surface area contributed by atoms with E-state index in [1.54, 1.807) is 31.3 Å². The zero-order valence-corrected chi connectivity index (χ0v) is 19.1. The fraction of sp³-hybridized carbons (Fsp3) is 0.391. The maximum Gasteiger partial charge on any atom is 0.225 e. The molecule has 8 heteroatoms. The van der Waals surface area contributed by atoms with Gasteiger partial charge in [-0.05, 0) is 48.2 Å². The standard InChI is InChI=1S/C23H26Cl2N2O4/c1-30-20-6-3-15(11-21(20)31-2)8-10-27-14-17(12-22(27)28)23(29)26-9-7-16-4-5-18(24)13-19(16)25/h3-6,11,13,17H,7-10,12,14H2,1-2H3,(H,26,29)/t17-/m1/s1. The van der Waals surface area contributed by atoms with Crippen LogP contribution in [0.5, 0.6) is 11.5 Å². The van der Waals surface area contributed by atoms with Crippen molar-refractivity contribution in [2.24, 2.45) is 5.92 Å². The number of likely N-dealkylation sites (tertiary alicyclic amines) is 1. The van der Waals surface area contributed by atoms with Crippen molar-refractivity contribution in [3.05, 3.63) is 57.6 Å². The molecule has 2 aromatic rings. The zero-order valence-electron chi connectivity index (χ0n) is 17.6. The van der Waals surface area contributed by atoms with Gasteiger partial charge in [-0.25, -0.2) is 0 Å². The second kappa shape index (κ2) is 10.7. The van der Waals surface area contributed by atoms with Crippen molar-refractivity contribution in [1.29, 1.82) is 0 Å². The number of carbonyl (C=O) groups excluding carboxylic acids is 2. The summed E-state index contributed by atoms with van der Waals surface area (Å²) in [5, 5.41) is 4.08. The van der Waals surface area contributed by atoms with Gasteiger partial charge in [-0.15, -0.1) is 0 Å². The van der Waals surface area contributed by atoms with E-state index in [1.807, 2.05) is 24.3 Å². The normalized spacial score (nSPS) is 15.8. The van der Waals surface area contributed by atoms with Gasteiger partial charge in [0, 0.05) is 36.1 Å². The summed E-state index contributed by atoms with van der Waals surface area (Å²) in [6, 6.07) is 11.0. The second-order valence-electron chi connectivity index (χ2n) is 7.46. The molecule has 31 heavy (non-hydrogen) atoms. The summed E-state index contributed by atoms with van der Waals surface area (Å²) in [7, 11) is 3.19. The molecule has 1 aliphatic rings. The van der Waals surface area contributed by atoms with Gasteiger partial charge >= 0.3 is 0 Å². The van der Waals surface area contributed by atoms with Crippen LogP contribution in [0.1, 0.15) is 17.5 Å². The minimum Gasteiger partial charge on any atom is -0.493 e. The van der Waals surface area contributed by atoms with Gasteiger partial charge in [0.15, 0.2) is 11.5 Å². The van der Waals surface area contributed by atoms with Crippen molar-refractivity contribution in [3.63, 3.8) is 0 Å². The van der Waals surface area contributed by atoms with E-state index in [0.29, 0.717) is 54.0 Å². The molecule has 0 radical (unpaired) electrons. The van der Waals surface area contributed by atoms with Gasteiger partial charge < -0.3 is 19.7 Å².